The standard InChI is InChI=1S/C13H24OSi/c1-6-12-9-7-8-10-13(12)11(2)14-15(3,4)5/h6,12-13H,1-2,7-10H2,3-5H3. The number of hydrogen-bond donors (Lipinski definition) is 0. The van der Waals surface area contributed by atoms with Gasteiger partial charge in [-0.15, -0.1) is 6.58 Å². The van der Waals surface area contributed by atoms with Gasteiger partial charge in [-0.1, -0.05) is 25.5 Å². The van der Waals surface area contributed by atoms with Gasteiger partial charge in [-0.3, -0.25) is 0 Å². The van der Waals surface area contributed by atoms with Gasteiger partial charge < -0.3 is 4.43 Å². The summed E-state index contributed by atoms with van der Waals surface area (Å²) in [6.45, 7) is 14.7. The van der Waals surface area contributed by atoms with Crippen LogP contribution in [-0.4, -0.2) is 8.32 Å². The molecule has 0 aromatic heterocycles. The third-order valence-electron chi connectivity index (χ3n) is 2.97. The van der Waals surface area contributed by atoms with E-state index in [9.17, 15) is 0 Å². The van der Waals surface area contributed by atoms with Crippen LogP contribution in [0.25, 0.3) is 0 Å². The predicted octanol–water partition coefficient (Wildman–Crippen LogP) is 4.34. The van der Waals surface area contributed by atoms with Gasteiger partial charge in [0.2, 0.25) is 8.32 Å². The van der Waals surface area contributed by atoms with Crippen LogP contribution in [0, 0.1) is 11.8 Å². The molecule has 0 spiro atoms. The van der Waals surface area contributed by atoms with Crippen LogP contribution >= 0.6 is 0 Å². The Hall–Kier alpha value is -0.503. The van der Waals surface area contributed by atoms with Crippen molar-refractivity contribution in [3.05, 3.63) is 25.0 Å². The van der Waals surface area contributed by atoms with Crippen molar-refractivity contribution in [3.8, 4) is 0 Å². The Balaban J connectivity index is 2.60. The molecule has 2 heteroatoms. The minimum atomic E-state index is -1.48. The minimum Gasteiger partial charge on any atom is -0.548 e. The van der Waals surface area contributed by atoms with Crippen LogP contribution in [-0.2, 0) is 4.43 Å². The summed E-state index contributed by atoms with van der Waals surface area (Å²) in [4.78, 5) is 0. The number of allylic oxidation sites excluding steroid dienone is 2. The van der Waals surface area contributed by atoms with Gasteiger partial charge in [-0.05, 0) is 38.4 Å². The average Bonchev–Trinajstić information content (AvgIpc) is 2.15. The van der Waals surface area contributed by atoms with Crippen molar-refractivity contribution >= 4 is 8.32 Å². The van der Waals surface area contributed by atoms with Gasteiger partial charge in [-0.2, -0.15) is 0 Å². The quantitative estimate of drug-likeness (QED) is 0.392. The number of rotatable bonds is 4. The van der Waals surface area contributed by atoms with Crippen LogP contribution in [0.2, 0.25) is 19.6 Å². The van der Waals surface area contributed by atoms with Crippen LogP contribution < -0.4 is 0 Å². The molecule has 0 aromatic rings. The van der Waals surface area contributed by atoms with Gasteiger partial charge in [0.1, 0.15) is 0 Å². The molecule has 86 valence electrons. The second-order valence-corrected chi connectivity index (χ2v) is 9.90. The molecule has 1 nitrogen and oxygen atoms in total. The van der Waals surface area contributed by atoms with Gasteiger partial charge >= 0.3 is 0 Å². The first kappa shape index (κ1) is 12.6. The molecule has 2 unspecified atom stereocenters. The second kappa shape index (κ2) is 5.02. The summed E-state index contributed by atoms with van der Waals surface area (Å²) in [6.07, 6.45) is 7.20. The first-order valence-corrected chi connectivity index (χ1v) is 9.35. The maximum absolute atomic E-state index is 6.01. The smallest absolute Gasteiger partial charge is 0.241 e. The van der Waals surface area contributed by atoms with Crippen molar-refractivity contribution in [2.45, 2.75) is 45.3 Å². The van der Waals surface area contributed by atoms with Crippen molar-refractivity contribution in [1.82, 2.24) is 0 Å². The van der Waals surface area contributed by atoms with Crippen molar-refractivity contribution in [2.75, 3.05) is 0 Å². The molecule has 0 heterocycles. The lowest BCUT2D eigenvalue weighted by Gasteiger charge is -2.33. The molecule has 0 aromatic carbocycles. The first-order chi connectivity index (χ1) is 6.94. The summed E-state index contributed by atoms with van der Waals surface area (Å²) in [5, 5.41) is 0. The van der Waals surface area contributed by atoms with Gasteiger partial charge in [-0.25, -0.2) is 0 Å². The Kier molecular flexibility index (Phi) is 4.20. The zero-order chi connectivity index (χ0) is 11.5. The van der Waals surface area contributed by atoms with E-state index in [1.807, 2.05) is 0 Å². The summed E-state index contributed by atoms with van der Waals surface area (Å²) in [5.41, 5.74) is 0. The molecule has 1 aliphatic rings. The second-order valence-electron chi connectivity index (χ2n) is 5.47. The molecule has 0 aliphatic heterocycles. The normalized spacial score (nSPS) is 27.1. The van der Waals surface area contributed by atoms with Gasteiger partial charge in [0, 0.05) is 5.92 Å². The van der Waals surface area contributed by atoms with E-state index in [0.29, 0.717) is 11.8 Å². The highest BCUT2D eigenvalue weighted by Gasteiger charge is 2.28. The summed E-state index contributed by atoms with van der Waals surface area (Å²) in [6, 6.07) is 0. The molecular weight excluding hydrogens is 200 g/mol. The molecule has 1 rings (SSSR count). The molecule has 0 saturated heterocycles. The molecule has 0 bridgehead atoms. The van der Waals surface area contributed by atoms with Crippen LogP contribution in [0.5, 0.6) is 0 Å². The average molecular weight is 224 g/mol. The fraction of sp³-hybridized carbons (Fsp3) is 0.692. The van der Waals surface area contributed by atoms with E-state index >= 15 is 0 Å². The van der Waals surface area contributed by atoms with E-state index in [2.05, 4.69) is 38.9 Å². The van der Waals surface area contributed by atoms with Crippen LogP contribution in [0.1, 0.15) is 25.7 Å². The lowest BCUT2D eigenvalue weighted by atomic mass is 9.78. The van der Waals surface area contributed by atoms with Crippen molar-refractivity contribution in [1.29, 1.82) is 0 Å². The number of hydrogen-bond acceptors (Lipinski definition) is 1. The Labute approximate surface area is 95.4 Å². The molecule has 2 atom stereocenters. The topological polar surface area (TPSA) is 9.23 Å². The SMILES string of the molecule is C=CC1CCCCC1C(=C)O[Si](C)(C)C. The molecule has 0 amide bonds. The molecular formula is C13H24OSi. The van der Waals surface area contributed by atoms with Crippen LogP contribution in [0.15, 0.2) is 25.0 Å². The molecule has 1 fully saturated rings. The summed E-state index contributed by atoms with van der Waals surface area (Å²) in [7, 11) is -1.48. The van der Waals surface area contributed by atoms with E-state index in [1.54, 1.807) is 0 Å². The zero-order valence-corrected chi connectivity index (χ0v) is 11.4. The van der Waals surface area contributed by atoms with Crippen molar-refractivity contribution in [3.63, 3.8) is 0 Å². The summed E-state index contributed by atoms with van der Waals surface area (Å²) < 4.78 is 6.01. The maximum Gasteiger partial charge on any atom is 0.241 e. The monoisotopic (exact) mass is 224 g/mol. The Morgan fingerprint density at radius 3 is 2.40 bits per heavy atom. The van der Waals surface area contributed by atoms with E-state index in [0.717, 1.165) is 5.76 Å². The van der Waals surface area contributed by atoms with Gasteiger partial charge in [0.15, 0.2) is 0 Å². The summed E-state index contributed by atoms with van der Waals surface area (Å²) >= 11 is 0. The Bertz CT molecular complexity index is 239. The fourth-order valence-corrected chi connectivity index (χ4v) is 3.25. The third-order valence-corrected chi connectivity index (χ3v) is 3.85. The van der Waals surface area contributed by atoms with Crippen molar-refractivity contribution < 1.29 is 4.43 Å². The highest BCUT2D eigenvalue weighted by molar-refractivity contribution is 6.70. The van der Waals surface area contributed by atoms with Crippen molar-refractivity contribution in [2.24, 2.45) is 11.8 Å². The highest BCUT2D eigenvalue weighted by Crippen LogP contribution is 2.36. The van der Waals surface area contributed by atoms with Crippen LogP contribution in [0.4, 0.5) is 0 Å². The molecule has 0 radical (unpaired) electrons. The van der Waals surface area contributed by atoms with E-state index < -0.39 is 8.32 Å². The van der Waals surface area contributed by atoms with Crippen LogP contribution in [0.3, 0.4) is 0 Å². The maximum atomic E-state index is 6.01. The van der Waals surface area contributed by atoms with E-state index in [-0.39, 0.29) is 0 Å². The third kappa shape index (κ3) is 3.86. The predicted molar refractivity (Wildman–Crippen MR) is 69.2 cm³/mol. The zero-order valence-electron chi connectivity index (χ0n) is 10.4. The highest BCUT2D eigenvalue weighted by atomic mass is 28.4. The lowest BCUT2D eigenvalue weighted by molar-refractivity contribution is 0.242. The fourth-order valence-electron chi connectivity index (χ4n) is 2.31. The van der Waals surface area contributed by atoms with Gasteiger partial charge in [0.05, 0.1) is 5.76 Å². The van der Waals surface area contributed by atoms with Gasteiger partial charge in [0.25, 0.3) is 0 Å². The minimum absolute atomic E-state index is 0.517. The molecule has 0 N–H and O–H groups in total. The molecule has 1 aliphatic carbocycles. The summed E-state index contributed by atoms with van der Waals surface area (Å²) in [5.74, 6) is 2.12. The Morgan fingerprint density at radius 1 is 1.27 bits per heavy atom. The first-order valence-electron chi connectivity index (χ1n) is 5.94. The Morgan fingerprint density at radius 2 is 1.87 bits per heavy atom. The largest absolute Gasteiger partial charge is 0.548 e. The molecule has 1 saturated carbocycles. The van der Waals surface area contributed by atoms with E-state index in [1.165, 1.54) is 25.7 Å². The molecule has 15 heavy (non-hydrogen) atoms. The van der Waals surface area contributed by atoms with E-state index in [4.69, 9.17) is 4.43 Å². The lowest BCUT2D eigenvalue weighted by Crippen LogP contribution is -2.30.